The molecule has 0 amide bonds. The van der Waals surface area contributed by atoms with Gasteiger partial charge in [-0.05, 0) is 17.9 Å². The quantitative estimate of drug-likeness (QED) is 0.732. The highest BCUT2D eigenvalue weighted by atomic mass is 32.1. The molecule has 12 heavy (non-hydrogen) atoms. The summed E-state index contributed by atoms with van der Waals surface area (Å²) in [7, 11) is 0. The molecule has 1 rings (SSSR count). The smallest absolute Gasteiger partial charge is 0.324 e. The number of thiophene rings is 1. The molecule has 0 radical (unpaired) electrons. The summed E-state index contributed by atoms with van der Waals surface area (Å²) in [6.07, 6.45) is -4.27. The van der Waals surface area contributed by atoms with Gasteiger partial charge in [0.15, 0.2) is 0 Å². The Balaban J connectivity index is 3.08. The highest BCUT2D eigenvalue weighted by molar-refractivity contribution is 7.08. The van der Waals surface area contributed by atoms with Gasteiger partial charge in [-0.1, -0.05) is 0 Å². The Morgan fingerprint density at radius 3 is 2.33 bits per heavy atom. The largest absolute Gasteiger partial charge is 0.417 e. The summed E-state index contributed by atoms with van der Waals surface area (Å²) in [6.45, 7) is 1.54. The third-order valence-corrected chi connectivity index (χ3v) is 2.25. The van der Waals surface area contributed by atoms with E-state index in [0.29, 0.717) is 0 Å². The summed E-state index contributed by atoms with van der Waals surface area (Å²) in [5.41, 5.74) is 4.93. The van der Waals surface area contributed by atoms with E-state index in [1.807, 2.05) is 0 Å². The van der Waals surface area contributed by atoms with Crippen molar-refractivity contribution in [1.82, 2.24) is 0 Å². The maximum absolute atomic E-state index is 12.2. The SMILES string of the molecule is C[C@H](N)c1cscc1C(F)(F)F. The molecule has 0 aliphatic carbocycles. The number of halogens is 3. The van der Waals surface area contributed by atoms with Crippen LogP contribution < -0.4 is 5.73 Å². The molecule has 0 unspecified atom stereocenters. The number of hydrogen-bond acceptors (Lipinski definition) is 2. The first-order valence-electron chi connectivity index (χ1n) is 3.32. The molecule has 0 bridgehead atoms. The van der Waals surface area contributed by atoms with Gasteiger partial charge in [0.2, 0.25) is 0 Å². The minimum absolute atomic E-state index is 0.174. The summed E-state index contributed by atoms with van der Waals surface area (Å²) in [5, 5.41) is 2.52. The zero-order valence-electron chi connectivity index (χ0n) is 6.35. The fourth-order valence-corrected chi connectivity index (χ4v) is 1.85. The van der Waals surface area contributed by atoms with Crippen LogP contribution in [-0.4, -0.2) is 0 Å². The lowest BCUT2D eigenvalue weighted by atomic mass is 10.1. The second-order valence-electron chi connectivity index (χ2n) is 2.53. The van der Waals surface area contributed by atoms with Gasteiger partial charge in [0.1, 0.15) is 0 Å². The zero-order valence-corrected chi connectivity index (χ0v) is 7.17. The van der Waals surface area contributed by atoms with E-state index in [1.165, 1.54) is 12.3 Å². The van der Waals surface area contributed by atoms with Gasteiger partial charge in [-0.3, -0.25) is 0 Å². The van der Waals surface area contributed by atoms with Crippen LogP contribution in [0.1, 0.15) is 24.1 Å². The Labute approximate surface area is 72.0 Å². The summed E-state index contributed by atoms with van der Waals surface area (Å²) in [5.74, 6) is 0. The Hall–Kier alpha value is -0.550. The van der Waals surface area contributed by atoms with Crippen LogP contribution in [0.3, 0.4) is 0 Å². The van der Waals surface area contributed by atoms with Crippen LogP contribution >= 0.6 is 11.3 Å². The van der Waals surface area contributed by atoms with E-state index in [9.17, 15) is 13.2 Å². The van der Waals surface area contributed by atoms with Crippen LogP contribution in [0.25, 0.3) is 0 Å². The van der Waals surface area contributed by atoms with E-state index in [-0.39, 0.29) is 5.56 Å². The van der Waals surface area contributed by atoms with Gasteiger partial charge in [-0.25, -0.2) is 0 Å². The lowest BCUT2D eigenvalue weighted by Crippen LogP contribution is -2.12. The van der Waals surface area contributed by atoms with Crippen molar-refractivity contribution in [3.63, 3.8) is 0 Å². The predicted molar refractivity (Wildman–Crippen MR) is 41.9 cm³/mol. The second-order valence-corrected chi connectivity index (χ2v) is 3.27. The predicted octanol–water partition coefficient (Wildman–Crippen LogP) is 2.79. The molecule has 2 N–H and O–H groups in total. The average Bonchev–Trinajstić information content (AvgIpc) is 2.30. The standard InChI is InChI=1S/C7H8F3NS/c1-4(11)5-2-12-3-6(5)7(8,9)10/h2-4H,11H2,1H3/t4-/m0/s1. The second kappa shape index (κ2) is 3.06. The Kier molecular flexibility index (Phi) is 2.44. The molecule has 0 fully saturated rings. The van der Waals surface area contributed by atoms with Gasteiger partial charge in [-0.15, -0.1) is 0 Å². The highest BCUT2D eigenvalue weighted by Gasteiger charge is 2.34. The maximum Gasteiger partial charge on any atom is 0.417 e. The Bertz CT molecular complexity index is 264. The van der Waals surface area contributed by atoms with Gasteiger partial charge in [-0.2, -0.15) is 24.5 Å². The van der Waals surface area contributed by atoms with Crippen LogP contribution in [0.4, 0.5) is 13.2 Å². The first kappa shape index (κ1) is 9.54. The van der Waals surface area contributed by atoms with Crippen molar-refractivity contribution in [2.45, 2.75) is 19.1 Å². The molecule has 0 aliphatic rings. The summed E-state index contributed by atoms with van der Waals surface area (Å²) in [6, 6.07) is -0.562. The third-order valence-electron chi connectivity index (χ3n) is 1.49. The fraction of sp³-hybridized carbons (Fsp3) is 0.429. The highest BCUT2D eigenvalue weighted by Crippen LogP contribution is 2.36. The third kappa shape index (κ3) is 1.78. The lowest BCUT2D eigenvalue weighted by Gasteiger charge is -2.09. The van der Waals surface area contributed by atoms with E-state index in [2.05, 4.69) is 0 Å². The van der Waals surface area contributed by atoms with E-state index in [4.69, 9.17) is 5.73 Å². The van der Waals surface area contributed by atoms with E-state index in [1.54, 1.807) is 0 Å². The van der Waals surface area contributed by atoms with Crippen molar-refractivity contribution in [2.75, 3.05) is 0 Å². The van der Waals surface area contributed by atoms with Gasteiger partial charge in [0.05, 0.1) is 5.56 Å². The minimum Gasteiger partial charge on any atom is -0.324 e. The normalized spacial score (nSPS) is 14.8. The lowest BCUT2D eigenvalue weighted by molar-refractivity contribution is -0.138. The van der Waals surface area contributed by atoms with Crippen molar-refractivity contribution in [3.05, 3.63) is 21.9 Å². The van der Waals surface area contributed by atoms with Gasteiger partial charge >= 0.3 is 6.18 Å². The minimum atomic E-state index is -4.27. The van der Waals surface area contributed by atoms with Gasteiger partial charge in [0.25, 0.3) is 0 Å². The van der Waals surface area contributed by atoms with Crippen LogP contribution in [0.5, 0.6) is 0 Å². The van der Waals surface area contributed by atoms with Crippen molar-refractivity contribution < 1.29 is 13.2 Å². The molecule has 1 nitrogen and oxygen atoms in total. The topological polar surface area (TPSA) is 26.0 Å². The number of alkyl halides is 3. The molecule has 1 atom stereocenters. The summed E-state index contributed by atoms with van der Waals surface area (Å²) in [4.78, 5) is 0. The molecule has 0 saturated heterocycles. The molecule has 0 saturated carbocycles. The fourth-order valence-electron chi connectivity index (χ4n) is 0.890. The Morgan fingerprint density at radius 2 is 2.00 bits per heavy atom. The van der Waals surface area contributed by atoms with Crippen LogP contribution in [0.2, 0.25) is 0 Å². The van der Waals surface area contributed by atoms with Crippen LogP contribution in [0, 0.1) is 0 Å². The van der Waals surface area contributed by atoms with Gasteiger partial charge in [0, 0.05) is 11.4 Å². The molecule has 0 aromatic carbocycles. The number of hydrogen-bond donors (Lipinski definition) is 1. The zero-order chi connectivity index (χ0) is 9.35. The van der Waals surface area contributed by atoms with Crippen molar-refractivity contribution >= 4 is 11.3 Å². The van der Waals surface area contributed by atoms with Crippen LogP contribution in [-0.2, 0) is 6.18 Å². The molecule has 0 aliphatic heterocycles. The first-order chi connectivity index (χ1) is 5.43. The molecule has 1 heterocycles. The molecule has 5 heteroatoms. The van der Waals surface area contributed by atoms with Crippen molar-refractivity contribution in [2.24, 2.45) is 5.73 Å². The summed E-state index contributed by atoms with van der Waals surface area (Å²) >= 11 is 1.02. The van der Waals surface area contributed by atoms with E-state index < -0.39 is 17.8 Å². The van der Waals surface area contributed by atoms with Crippen LogP contribution in [0.15, 0.2) is 10.8 Å². The first-order valence-corrected chi connectivity index (χ1v) is 4.26. The maximum atomic E-state index is 12.2. The van der Waals surface area contributed by atoms with E-state index in [0.717, 1.165) is 16.7 Å². The van der Waals surface area contributed by atoms with Gasteiger partial charge < -0.3 is 5.73 Å². The molecule has 0 spiro atoms. The molecule has 68 valence electrons. The molecule has 1 aromatic rings. The van der Waals surface area contributed by atoms with Crippen molar-refractivity contribution in [1.29, 1.82) is 0 Å². The monoisotopic (exact) mass is 195 g/mol. The molecular formula is C7H8F3NS. The molecular weight excluding hydrogens is 187 g/mol. The molecule has 1 aromatic heterocycles. The average molecular weight is 195 g/mol. The number of rotatable bonds is 1. The Morgan fingerprint density at radius 1 is 1.42 bits per heavy atom. The van der Waals surface area contributed by atoms with E-state index >= 15 is 0 Å². The number of nitrogens with two attached hydrogens (primary N) is 1. The summed E-state index contributed by atoms with van der Waals surface area (Å²) < 4.78 is 36.6. The van der Waals surface area contributed by atoms with Crippen molar-refractivity contribution in [3.8, 4) is 0 Å².